The molecule has 2 N–H and O–H groups in total. The van der Waals surface area contributed by atoms with Crippen LogP contribution in [0.3, 0.4) is 0 Å². The van der Waals surface area contributed by atoms with Gasteiger partial charge < -0.3 is 10.6 Å². The zero-order chi connectivity index (χ0) is 18.6. The molecule has 0 spiro atoms. The molecule has 0 saturated carbocycles. The van der Waals surface area contributed by atoms with Crippen molar-refractivity contribution in [2.24, 2.45) is 0 Å². The van der Waals surface area contributed by atoms with E-state index in [0.717, 1.165) is 0 Å². The molecule has 1 aromatic carbocycles. The van der Waals surface area contributed by atoms with Crippen molar-refractivity contribution >= 4 is 17.5 Å². The Labute approximate surface area is 134 Å². The molecule has 0 aliphatic heterocycles. The highest BCUT2D eigenvalue weighted by Gasteiger charge is 2.27. The van der Waals surface area contributed by atoms with Crippen molar-refractivity contribution in [3.05, 3.63) is 29.1 Å². The Hall–Kier alpha value is -2.23. The molecule has 0 fully saturated rings. The van der Waals surface area contributed by atoms with Gasteiger partial charge in [-0.1, -0.05) is 0 Å². The number of nitrogens with zero attached hydrogens (tertiary/aromatic N) is 1. The van der Waals surface area contributed by atoms with Gasteiger partial charge in [0.15, 0.2) is 23.3 Å². The lowest BCUT2D eigenvalue weighted by Crippen LogP contribution is -2.41. The minimum Gasteiger partial charge on any atom is -0.353 e. The van der Waals surface area contributed by atoms with Crippen molar-refractivity contribution in [2.45, 2.75) is 19.9 Å². The number of nitrogens with one attached hydrogen (secondary N) is 2. The van der Waals surface area contributed by atoms with E-state index in [1.54, 1.807) is 19.2 Å². The number of likely N-dealkylation sites (N-methyl/N-ethyl adjacent to an activating group) is 1. The maximum absolute atomic E-state index is 13.4. The van der Waals surface area contributed by atoms with Gasteiger partial charge in [-0.3, -0.25) is 14.5 Å². The minimum atomic E-state index is -2.31. The molecular formula is C14H16F5N3O2. The normalized spacial score (nSPS) is 11.1. The average Bonchev–Trinajstić information content (AvgIpc) is 2.46. The van der Waals surface area contributed by atoms with E-state index in [1.165, 1.54) is 11.9 Å². The summed E-state index contributed by atoms with van der Waals surface area (Å²) >= 11 is 0. The summed E-state index contributed by atoms with van der Waals surface area (Å²) in [6.45, 7) is 2.77. The Balaban J connectivity index is 2.77. The predicted molar refractivity (Wildman–Crippen MR) is 75.6 cm³/mol. The smallest absolute Gasteiger partial charge is 0.238 e. The summed E-state index contributed by atoms with van der Waals surface area (Å²) in [6.07, 6.45) is 0. The predicted octanol–water partition coefficient (Wildman–Crippen LogP) is 1.78. The second-order valence-corrected chi connectivity index (χ2v) is 5.39. The molecule has 0 bridgehead atoms. The second-order valence-electron chi connectivity index (χ2n) is 5.39. The molecule has 0 heterocycles. The number of carbonyl (C=O) groups is 2. The van der Waals surface area contributed by atoms with Gasteiger partial charge >= 0.3 is 0 Å². The van der Waals surface area contributed by atoms with Crippen molar-refractivity contribution in [3.63, 3.8) is 0 Å². The van der Waals surface area contributed by atoms with Gasteiger partial charge in [0.1, 0.15) is 5.69 Å². The van der Waals surface area contributed by atoms with Crippen LogP contribution in [0.2, 0.25) is 0 Å². The molecule has 10 heteroatoms. The van der Waals surface area contributed by atoms with Crippen LogP contribution in [0.15, 0.2) is 0 Å². The van der Waals surface area contributed by atoms with Crippen molar-refractivity contribution in [1.29, 1.82) is 0 Å². The molecule has 0 radical (unpaired) electrons. The molecule has 0 atom stereocenters. The van der Waals surface area contributed by atoms with Crippen LogP contribution in [0, 0.1) is 29.1 Å². The van der Waals surface area contributed by atoms with Gasteiger partial charge in [-0.15, -0.1) is 0 Å². The lowest BCUT2D eigenvalue weighted by molar-refractivity contribution is -0.123. The second kappa shape index (κ2) is 8.04. The molecule has 0 aliphatic carbocycles. The monoisotopic (exact) mass is 353 g/mol. The SMILES string of the molecule is CC(C)NC(=O)CN(C)CC(=O)Nc1c(F)c(F)c(F)c(F)c1F. The molecule has 0 saturated heterocycles. The fourth-order valence-electron chi connectivity index (χ4n) is 1.81. The topological polar surface area (TPSA) is 61.4 Å². The average molecular weight is 353 g/mol. The molecule has 1 aromatic rings. The van der Waals surface area contributed by atoms with E-state index in [9.17, 15) is 31.5 Å². The van der Waals surface area contributed by atoms with Crippen LogP contribution in [-0.4, -0.2) is 42.9 Å². The first kappa shape index (κ1) is 19.8. The molecule has 0 unspecified atom stereocenters. The van der Waals surface area contributed by atoms with E-state index in [1.807, 2.05) is 0 Å². The Morgan fingerprint density at radius 3 is 1.75 bits per heavy atom. The highest BCUT2D eigenvalue weighted by molar-refractivity contribution is 5.93. The number of hydrogen-bond donors (Lipinski definition) is 2. The number of halogens is 5. The van der Waals surface area contributed by atoms with E-state index >= 15 is 0 Å². The lowest BCUT2D eigenvalue weighted by Gasteiger charge is -2.17. The first-order chi connectivity index (χ1) is 11.0. The highest BCUT2D eigenvalue weighted by Crippen LogP contribution is 2.26. The summed E-state index contributed by atoms with van der Waals surface area (Å²) in [4.78, 5) is 24.4. The Morgan fingerprint density at radius 1 is 0.875 bits per heavy atom. The molecule has 134 valence electrons. The fraction of sp³-hybridized carbons (Fsp3) is 0.429. The van der Waals surface area contributed by atoms with Crippen molar-refractivity contribution < 1.29 is 31.5 Å². The maximum atomic E-state index is 13.4. The first-order valence-corrected chi connectivity index (χ1v) is 6.83. The summed E-state index contributed by atoms with van der Waals surface area (Å²) in [5.41, 5.74) is -1.43. The van der Waals surface area contributed by atoms with Crippen LogP contribution in [0.25, 0.3) is 0 Å². The molecule has 0 aromatic heterocycles. The number of hydrogen-bond acceptors (Lipinski definition) is 3. The van der Waals surface area contributed by atoms with Gasteiger partial charge in [0.25, 0.3) is 0 Å². The molecule has 2 amide bonds. The van der Waals surface area contributed by atoms with Crippen LogP contribution in [-0.2, 0) is 9.59 Å². The third kappa shape index (κ3) is 4.88. The van der Waals surface area contributed by atoms with Gasteiger partial charge in [-0.05, 0) is 20.9 Å². The number of amides is 2. The van der Waals surface area contributed by atoms with Crippen LogP contribution in [0.5, 0.6) is 0 Å². The standard InChI is InChI=1S/C14H16F5N3O2/c1-6(2)20-7(23)4-22(3)5-8(24)21-14-12(18)10(16)9(15)11(17)13(14)19/h6H,4-5H2,1-3H3,(H,20,23)(H,21,24). The Morgan fingerprint density at radius 2 is 1.29 bits per heavy atom. The first-order valence-electron chi connectivity index (χ1n) is 6.83. The quantitative estimate of drug-likeness (QED) is 0.466. The number of rotatable bonds is 6. The van der Waals surface area contributed by atoms with E-state index in [-0.39, 0.29) is 12.6 Å². The van der Waals surface area contributed by atoms with Gasteiger partial charge in [-0.25, -0.2) is 22.0 Å². The third-order valence-electron chi connectivity index (χ3n) is 2.75. The van der Waals surface area contributed by atoms with Crippen LogP contribution >= 0.6 is 0 Å². The molecule has 0 aliphatic rings. The number of anilines is 1. The van der Waals surface area contributed by atoms with E-state index in [2.05, 4.69) is 5.32 Å². The number of benzene rings is 1. The lowest BCUT2D eigenvalue weighted by atomic mass is 10.2. The summed E-state index contributed by atoms with van der Waals surface area (Å²) in [5.74, 6) is -12.3. The highest BCUT2D eigenvalue weighted by atomic mass is 19.2. The fourth-order valence-corrected chi connectivity index (χ4v) is 1.81. The van der Waals surface area contributed by atoms with Crippen molar-refractivity contribution in [1.82, 2.24) is 10.2 Å². The summed E-state index contributed by atoms with van der Waals surface area (Å²) in [5, 5.41) is 4.19. The van der Waals surface area contributed by atoms with Crippen molar-refractivity contribution in [2.75, 3.05) is 25.5 Å². The minimum absolute atomic E-state index is 0.118. The third-order valence-corrected chi connectivity index (χ3v) is 2.75. The maximum Gasteiger partial charge on any atom is 0.238 e. The van der Waals surface area contributed by atoms with Gasteiger partial charge in [0, 0.05) is 6.04 Å². The number of carbonyl (C=O) groups excluding carboxylic acids is 2. The molecule has 5 nitrogen and oxygen atoms in total. The van der Waals surface area contributed by atoms with Gasteiger partial charge in [-0.2, -0.15) is 0 Å². The summed E-state index contributed by atoms with van der Waals surface area (Å²) in [7, 11) is 1.37. The molecule has 24 heavy (non-hydrogen) atoms. The van der Waals surface area contributed by atoms with E-state index in [0.29, 0.717) is 0 Å². The summed E-state index contributed by atoms with van der Waals surface area (Å²) in [6, 6.07) is -0.118. The van der Waals surface area contributed by atoms with Crippen LogP contribution in [0.4, 0.5) is 27.6 Å². The zero-order valence-electron chi connectivity index (χ0n) is 13.1. The van der Waals surface area contributed by atoms with E-state index in [4.69, 9.17) is 0 Å². The molecule has 1 rings (SSSR count). The Bertz CT molecular complexity index is 623. The molecular weight excluding hydrogens is 337 g/mol. The van der Waals surface area contributed by atoms with Gasteiger partial charge in [0.05, 0.1) is 13.1 Å². The summed E-state index contributed by atoms with van der Waals surface area (Å²) < 4.78 is 65.8. The van der Waals surface area contributed by atoms with Crippen molar-refractivity contribution in [3.8, 4) is 0 Å². The largest absolute Gasteiger partial charge is 0.353 e. The zero-order valence-corrected chi connectivity index (χ0v) is 13.1. The van der Waals surface area contributed by atoms with Gasteiger partial charge in [0.2, 0.25) is 17.6 Å². The van der Waals surface area contributed by atoms with E-state index < -0.39 is 53.1 Å². The van der Waals surface area contributed by atoms with Crippen LogP contribution in [0.1, 0.15) is 13.8 Å². The van der Waals surface area contributed by atoms with Crippen LogP contribution < -0.4 is 10.6 Å². The Kier molecular flexibility index (Phi) is 6.64.